The van der Waals surface area contributed by atoms with E-state index in [0.29, 0.717) is 16.2 Å². The number of carbonyl (C=O) groups is 2. The molecular formula is C24H19F2NO4S. The van der Waals surface area contributed by atoms with E-state index in [4.69, 9.17) is 4.74 Å². The van der Waals surface area contributed by atoms with Gasteiger partial charge in [-0.2, -0.15) is 0 Å². The van der Waals surface area contributed by atoms with E-state index < -0.39 is 35.1 Å². The maximum absolute atomic E-state index is 14.6. The largest absolute Gasteiger partial charge is 0.507 e. The number of aliphatic hydroxyl groups excluding tert-OH is 1. The maximum Gasteiger partial charge on any atom is 0.300 e. The van der Waals surface area contributed by atoms with Gasteiger partial charge in [0, 0.05) is 16.5 Å². The summed E-state index contributed by atoms with van der Waals surface area (Å²) in [6.45, 7) is 3.75. The number of Topliss-reactive ketones (excluding diaryl/α,β-unsaturated/α-hetero) is 1. The molecule has 1 fully saturated rings. The summed E-state index contributed by atoms with van der Waals surface area (Å²) in [7, 11) is 0. The van der Waals surface area contributed by atoms with Gasteiger partial charge < -0.3 is 9.84 Å². The van der Waals surface area contributed by atoms with Crippen LogP contribution in [0.5, 0.6) is 5.75 Å². The van der Waals surface area contributed by atoms with E-state index in [1.54, 1.807) is 41.8 Å². The van der Waals surface area contributed by atoms with Crippen LogP contribution in [0, 0.1) is 11.6 Å². The zero-order valence-corrected chi connectivity index (χ0v) is 18.0. The van der Waals surface area contributed by atoms with Crippen molar-refractivity contribution in [1.82, 2.24) is 0 Å². The smallest absolute Gasteiger partial charge is 0.300 e. The van der Waals surface area contributed by atoms with E-state index in [2.05, 4.69) is 0 Å². The highest BCUT2D eigenvalue weighted by molar-refractivity contribution is 7.10. The summed E-state index contributed by atoms with van der Waals surface area (Å²) in [5, 5.41) is 12.7. The zero-order chi connectivity index (χ0) is 23.0. The fourth-order valence-electron chi connectivity index (χ4n) is 3.59. The molecule has 5 nitrogen and oxygen atoms in total. The molecular weight excluding hydrogens is 436 g/mol. The molecule has 4 rings (SSSR count). The van der Waals surface area contributed by atoms with E-state index >= 15 is 0 Å². The highest BCUT2D eigenvalue weighted by Crippen LogP contribution is 2.44. The molecule has 1 atom stereocenters. The van der Waals surface area contributed by atoms with Crippen molar-refractivity contribution in [3.63, 3.8) is 0 Å². The van der Waals surface area contributed by atoms with Crippen LogP contribution in [0.1, 0.15) is 30.3 Å². The predicted octanol–water partition coefficient (Wildman–Crippen LogP) is 5.44. The van der Waals surface area contributed by atoms with Crippen molar-refractivity contribution >= 4 is 34.5 Å². The molecule has 3 aromatic rings. The minimum absolute atomic E-state index is 0.0419. The topological polar surface area (TPSA) is 66.8 Å². The lowest BCUT2D eigenvalue weighted by molar-refractivity contribution is -0.132. The highest BCUT2D eigenvalue weighted by Gasteiger charge is 2.48. The van der Waals surface area contributed by atoms with Crippen LogP contribution in [0.15, 0.2) is 65.6 Å². The predicted molar refractivity (Wildman–Crippen MR) is 118 cm³/mol. The summed E-state index contributed by atoms with van der Waals surface area (Å²) >= 11 is 1.23. The Balaban J connectivity index is 1.86. The third-order valence-electron chi connectivity index (χ3n) is 4.92. The molecule has 2 heterocycles. The molecule has 1 N–H and O–H groups in total. The molecule has 1 aliphatic rings. The number of aliphatic hydroxyl groups is 1. The zero-order valence-electron chi connectivity index (χ0n) is 17.2. The number of benzene rings is 2. The Morgan fingerprint density at radius 3 is 2.44 bits per heavy atom. The number of thiophene rings is 1. The number of hydrogen-bond acceptors (Lipinski definition) is 5. The molecule has 0 spiro atoms. The molecule has 0 aliphatic carbocycles. The van der Waals surface area contributed by atoms with Crippen molar-refractivity contribution in [2.75, 3.05) is 4.90 Å². The van der Waals surface area contributed by atoms with Crippen LogP contribution in [0.2, 0.25) is 0 Å². The van der Waals surface area contributed by atoms with Crippen molar-refractivity contribution in [2.24, 2.45) is 0 Å². The number of ketones is 1. The first-order valence-corrected chi connectivity index (χ1v) is 10.7. The van der Waals surface area contributed by atoms with Gasteiger partial charge in [-0.25, -0.2) is 8.78 Å². The molecule has 1 saturated heterocycles. The van der Waals surface area contributed by atoms with Gasteiger partial charge in [-0.05, 0) is 61.7 Å². The Bertz CT molecular complexity index is 1200. The average Bonchev–Trinajstić information content (AvgIpc) is 3.37. The van der Waals surface area contributed by atoms with E-state index in [1.807, 2.05) is 13.8 Å². The SMILES string of the molecule is CC(C)Oc1ccc(/C(O)=C2/C(=O)C(=O)N(c3cc(F)ccc3F)C2c2cccs2)cc1. The van der Waals surface area contributed by atoms with Gasteiger partial charge in [0.25, 0.3) is 11.7 Å². The second-order valence-corrected chi connectivity index (χ2v) is 8.45. The van der Waals surface area contributed by atoms with Gasteiger partial charge >= 0.3 is 0 Å². The fourth-order valence-corrected chi connectivity index (χ4v) is 4.41. The number of carbonyl (C=O) groups excluding carboxylic acids is 2. The minimum Gasteiger partial charge on any atom is -0.507 e. The molecule has 0 radical (unpaired) electrons. The number of anilines is 1. The van der Waals surface area contributed by atoms with Gasteiger partial charge in [-0.15, -0.1) is 11.3 Å². The van der Waals surface area contributed by atoms with E-state index in [1.165, 1.54) is 11.3 Å². The second kappa shape index (κ2) is 8.55. The van der Waals surface area contributed by atoms with E-state index in [-0.39, 0.29) is 17.4 Å². The molecule has 1 amide bonds. The first kappa shape index (κ1) is 21.7. The van der Waals surface area contributed by atoms with Crippen LogP contribution >= 0.6 is 11.3 Å². The van der Waals surface area contributed by atoms with Crippen LogP contribution in [0.4, 0.5) is 14.5 Å². The van der Waals surface area contributed by atoms with Crippen LogP contribution in [0.3, 0.4) is 0 Å². The standard InChI is InChI=1S/C24H19F2NO4S/c1-13(2)31-16-8-5-14(6-9-16)22(28)20-21(19-4-3-11-32-19)27(24(30)23(20)29)18-12-15(25)7-10-17(18)26/h3-13,21,28H,1-2H3/b22-20-. The van der Waals surface area contributed by atoms with Gasteiger partial charge in [0.05, 0.1) is 17.4 Å². The fraction of sp³-hybridized carbons (Fsp3) is 0.167. The molecule has 8 heteroatoms. The summed E-state index contributed by atoms with van der Waals surface area (Å²) in [5.41, 5.74) is -0.274. The van der Waals surface area contributed by atoms with Gasteiger partial charge in [-0.1, -0.05) is 6.07 Å². The first-order valence-electron chi connectivity index (χ1n) is 9.84. The maximum atomic E-state index is 14.6. The number of amides is 1. The number of hydrogen-bond donors (Lipinski definition) is 1. The molecule has 2 aromatic carbocycles. The average molecular weight is 455 g/mol. The lowest BCUT2D eigenvalue weighted by Gasteiger charge is -2.24. The molecule has 1 aliphatic heterocycles. The summed E-state index contributed by atoms with van der Waals surface area (Å²) in [4.78, 5) is 27.3. The lowest BCUT2D eigenvalue weighted by atomic mass is 9.99. The van der Waals surface area contributed by atoms with Crippen molar-refractivity contribution in [2.45, 2.75) is 26.0 Å². The number of ether oxygens (including phenoxy) is 1. The van der Waals surface area contributed by atoms with Gasteiger partial charge in [0.1, 0.15) is 29.2 Å². The normalized spacial score (nSPS) is 17.9. The third kappa shape index (κ3) is 3.89. The van der Waals surface area contributed by atoms with Gasteiger partial charge in [0.2, 0.25) is 0 Å². The van der Waals surface area contributed by atoms with Crippen LogP contribution in [-0.4, -0.2) is 22.9 Å². The number of rotatable bonds is 5. The summed E-state index contributed by atoms with van der Waals surface area (Å²) in [6.07, 6.45) is -0.0419. The Kier molecular flexibility index (Phi) is 5.80. The van der Waals surface area contributed by atoms with E-state index in [0.717, 1.165) is 23.1 Å². The van der Waals surface area contributed by atoms with Crippen molar-refractivity contribution in [3.8, 4) is 5.75 Å². The quantitative estimate of drug-likeness (QED) is 0.316. The molecule has 1 unspecified atom stereocenters. The van der Waals surface area contributed by atoms with Gasteiger partial charge in [-0.3, -0.25) is 14.5 Å². The monoisotopic (exact) mass is 455 g/mol. The van der Waals surface area contributed by atoms with Crippen molar-refractivity contribution in [3.05, 3.63) is 87.6 Å². The summed E-state index contributed by atoms with van der Waals surface area (Å²) < 4.78 is 34.0. The number of nitrogens with zero attached hydrogens (tertiary/aromatic N) is 1. The van der Waals surface area contributed by atoms with Crippen LogP contribution < -0.4 is 9.64 Å². The molecule has 0 saturated carbocycles. The first-order chi connectivity index (χ1) is 15.3. The van der Waals surface area contributed by atoms with Crippen molar-refractivity contribution in [1.29, 1.82) is 0 Å². The van der Waals surface area contributed by atoms with Crippen LogP contribution in [-0.2, 0) is 9.59 Å². The van der Waals surface area contributed by atoms with Crippen molar-refractivity contribution < 1.29 is 28.2 Å². The third-order valence-corrected chi connectivity index (χ3v) is 5.85. The summed E-state index contributed by atoms with van der Waals surface area (Å²) in [5.74, 6) is -3.47. The summed E-state index contributed by atoms with van der Waals surface area (Å²) in [6, 6.07) is 11.4. The van der Waals surface area contributed by atoms with Gasteiger partial charge in [0.15, 0.2) is 0 Å². The van der Waals surface area contributed by atoms with E-state index in [9.17, 15) is 23.5 Å². The van der Waals surface area contributed by atoms with Crippen LogP contribution in [0.25, 0.3) is 5.76 Å². The lowest BCUT2D eigenvalue weighted by Crippen LogP contribution is -2.30. The Morgan fingerprint density at radius 1 is 1.09 bits per heavy atom. The second-order valence-electron chi connectivity index (χ2n) is 7.47. The number of halogens is 2. The molecule has 164 valence electrons. The Hall–Kier alpha value is -3.52. The molecule has 0 bridgehead atoms. The molecule has 1 aromatic heterocycles. The minimum atomic E-state index is -1.10. The highest BCUT2D eigenvalue weighted by atomic mass is 32.1. The Labute approximate surface area is 187 Å². The Morgan fingerprint density at radius 2 is 1.81 bits per heavy atom. The molecule has 32 heavy (non-hydrogen) atoms.